The van der Waals surface area contributed by atoms with Crippen LogP contribution in [0.1, 0.15) is 42.1 Å². The fraction of sp³-hybridized carbons (Fsp3) is 0.471. The topological polar surface area (TPSA) is 58.6 Å². The molecule has 0 radical (unpaired) electrons. The maximum absolute atomic E-state index is 12.0. The number of aliphatic hydroxyl groups is 1. The third-order valence-corrected chi connectivity index (χ3v) is 2.77. The van der Waals surface area contributed by atoms with Gasteiger partial charge >= 0.3 is 0 Å². The number of rotatable bonds is 8. The van der Waals surface area contributed by atoms with Crippen LogP contribution in [-0.4, -0.2) is 37.4 Å². The summed E-state index contributed by atoms with van der Waals surface area (Å²) >= 11 is 0. The number of benzene rings is 1. The first kappa shape index (κ1) is 17.2. The molecule has 0 atom stereocenters. The first-order valence-electron chi connectivity index (χ1n) is 7.33. The van der Waals surface area contributed by atoms with Crippen molar-refractivity contribution in [3.8, 4) is 11.8 Å². The molecule has 0 aliphatic heterocycles. The van der Waals surface area contributed by atoms with E-state index in [4.69, 9.17) is 9.84 Å². The van der Waals surface area contributed by atoms with Gasteiger partial charge in [0.05, 0.1) is 13.2 Å². The summed E-state index contributed by atoms with van der Waals surface area (Å²) in [5.41, 5.74) is 1.36. The van der Waals surface area contributed by atoms with Gasteiger partial charge in [0.1, 0.15) is 0 Å². The van der Waals surface area contributed by atoms with Crippen molar-refractivity contribution in [2.24, 2.45) is 0 Å². The number of hydrogen-bond acceptors (Lipinski definition) is 3. The van der Waals surface area contributed by atoms with E-state index < -0.39 is 0 Å². The summed E-state index contributed by atoms with van der Waals surface area (Å²) in [7, 11) is 0. The van der Waals surface area contributed by atoms with Crippen LogP contribution in [-0.2, 0) is 4.74 Å². The van der Waals surface area contributed by atoms with Crippen LogP contribution in [0.3, 0.4) is 0 Å². The van der Waals surface area contributed by atoms with Crippen molar-refractivity contribution in [2.45, 2.75) is 26.2 Å². The molecule has 0 unspecified atom stereocenters. The minimum atomic E-state index is -0.125. The number of ether oxygens (including phenoxy) is 1. The lowest BCUT2D eigenvalue weighted by Crippen LogP contribution is -2.27. The van der Waals surface area contributed by atoms with Gasteiger partial charge in [-0.25, -0.2) is 0 Å². The second-order valence-electron chi connectivity index (χ2n) is 4.58. The van der Waals surface area contributed by atoms with E-state index in [9.17, 15) is 4.79 Å². The van der Waals surface area contributed by atoms with Gasteiger partial charge in [0.25, 0.3) is 5.91 Å². The fourth-order valence-corrected chi connectivity index (χ4v) is 1.65. The zero-order chi connectivity index (χ0) is 15.3. The standard InChI is InChI=1S/C17H23NO3/c1-2-3-12-21-13-10-18-17(20)16-9-6-8-15(14-16)7-4-5-11-19/h6,8-9,14,19H,2-3,5,10-13H2,1H3,(H,18,20). The molecular weight excluding hydrogens is 266 g/mol. The van der Waals surface area contributed by atoms with Gasteiger partial charge in [0.2, 0.25) is 0 Å². The van der Waals surface area contributed by atoms with Crippen LogP contribution in [0.5, 0.6) is 0 Å². The Labute approximate surface area is 126 Å². The SMILES string of the molecule is CCCCOCCNC(=O)c1cccc(C#CCCO)c1. The monoisotopic (exact) mass is 289 g/mol. The predicted molar refractivity (Wildman–Crippen MR) is 83.1 cm³/mol. The Morgan fingerprint density at radius 2 is 2.24 bits per heavy atom. The average Bonchev–Trinajstić information content (AvgIpc) is 2.51. The van der Waals surface area contributed by atoms with Crippen LogP contribution in [0.15, 0.2) is 24.3 Å². The van der Waals surface area contributed by atoms with Gasteiger partial charge in [0, 0.05) is 30.7 Å². The molecular formula is C17H23NO3. The third-order valence-electron chi connectivity index (χ3n) is 2.77. The molecule has 0 fully saturated rings. The van der Waals surface area contributed by atoms with Gasteiger partial charge in [-0.1, -0.05) is 31.3 Å². The Balaban J connectivity index is 2.40. The van der Waals surface area contributed by atoms with Crippen molar-refractivity contribution in [1.29, 1.82) is 0 Å². The van der Waals surface area contributed by atoms with E-state index in [0.717, 1.165) is 25.0 Å². The number of carbonyl (C=O) groups excluding carboxylic acids is 1. The number of unbranched alkanes of at least 4 members (excludes halogenated alkanes) is 1. The molecule has 0 bridgehead atoms. The van der Waals surface area contributed by atoms with Gasteiger partial charge in [-0.2, -0.15) is 0 Å². The molecule has 1 rings (SSSR count). The fourth-order valence-electron chi connectivity index (χ4n) is 1.65. The number of amides is 1. The smallest absolute Gasteiger partial charge is 0.251 e. The van der Waals surface area contributed by atoms with Crippen molar-refractivity contribution in [3.63, 3.8) is 0 Å². The Bertz CT molecular complexity index is 488. The molecule has 0 heterocycles. The molecule has 1 amide bonds. The highest BCUT2D eigenvalue weighted by Crippen LogP contribution is 2.04. The highest BCUT2D eigenvalue weighted by Gasteiger charge is 2.04. The molecule has 0 spiro atoms. The summed E-state index contributed by atoms with van der Waals surface area (Å²) in [6.07, 6.45) is 2.59. The third kappa shape index (κ3) is 7.50. The first-order chi connectivity index (χ1) is 10.3. The maximum Gasteiger partial charge on any atom is 0.251 e. The minimum absolute atomic E-state index is 0.0468. The Morgan fingerprint density at radius 3 is 3.00 bits per heavy atom. The molecule has 0 saturated carbocycles. The summed E-state index contributed by atoms with van der Waals surface area (Å²) in [4.78, 5) is 12.0. The van der Waals surface area contributed by atoms with Crippen molar-refractivity contribution < 1.29 is 14.6 Å². The largest absolute Gasteiger partial charge is 0.395 e. The van der Waals surface area contributed by atoms with Crippen molar-refractivity contribution in [2.75, 3.05) is 26.4 Å². The second-order valence-corrected chi connectivity index (χ2v) is 4.58. The molecule has 0 saturated heterocycles. The van der Waals surface area contributed by atoms with Gasteiger partial charge in [-0.05, 0) is 24.6 Å². The lowest BCUT2D eigenvalue weighted by molar-refractivity contribution is 0.0912. The van der Waals surface area contributed by atoms with E-state index in [1.54, 1.807) is 18.2 Å². The number of hydrogen-bond donors (Lipinski definition) is 2. The van der Waals surface area contributed by atoms with E-state index in [1.165, 1.54) is 0 Å². The maximum atomic E-state index is 12.0. The molecule has 21 heavy (non-hydrogen) atoms. The quantitative estimate of drug-likeness (QED) is 0.568. The summed E-state index contributed by atoms with van der Waals surface area (Å²) in [5.74, 6) is 5.63. The van der Waals surface area contributed by atoms with E-state index in [1.807, 2.05) is 6.07 Å². The number of aliphatic hydroxyl groups excluding tert-OH is 1. The zero-order valence-corrected chi connectivity index (χ0v) is 12.5. The Kier molecular flexibility index (Phi) is 8.94. The molecule has 0 aromatic heterocycles. The van der Waals surface area contributed by atoms with Gasteiger partial charge in [-0.3, -0.25) is 4.79 Å². The summed E-state index contributed by atoms with van der Waals surface area (Å²) in [6, 6.07) is 7.15. The van der Waals surface area contributed by atoms with Crippen molar-refractivity contribution in [3.05, 3.63) is 35.4 Å². The predicted octanol–water partition coefficient (Wildman–Crippen LogP) is 1.97. The van der Waals surface area contributed by atoms with Crippen LogP contribution in [0.2, 0.25) is 0 Å². The summed E-state index contributed by atoms with van der Waals surface area (Å²) in [6.45, 7) is 3.93. The molecule has 1 aromatic rings. The molecule has 0 aliphatic rings. The van der Waals surface area contributed by atoms with Crippen LogP contribution < -0.4 is 5.32 Å². The van der Waals surface area contributed by atoms with Crippen molar-refractivity contribution in [1.82, 2.24) is 5.32 Å². The Hall–Kier alpha value is -1.83. The number of nitrogens with one attached hydrogen (secondary N) is 1. The van der Waals surface area contributed by atoms with Crippen LogP contribution in [0.4, 0.5) is 0 Å². The molecule has 2 N–H and O–H groups in total. The average molecular weight is 289 g/mol. The highest BCUT2D eigenvalue weighted by molar-refractivity contribution is 5.94. The molecule has 114 valence electrons. The first-order valence-corrected chi connectivity index (χ1v) is 7.33. The summed E-state index contributed by atoms with van der Waals surface area (Å²) < 4.78 is 5.39. The van der Waals surface area contributed by atoms with E-state index >= 15 is 0 Å². The van der Waals surface area contributed by atoms with Crippen LogP contribution >= 0.6 is 0 Å². The normalized spacial score (nSPS) is 9.81. The van der Waals surface area contributed by atoms with E-state index in [-0.39, 0.29) is 12.5 Å². The zero-order valence-electron chi connectivity index (χ0n) is 12.5. The molecule has 4 heteroatoms. The van der Waals surface area contributed by atoms with E-state index in [2.05, 4.69) is 24.1 Å². The van der Waals surface area contributed by atoms with Crippen molar-refractivity contribution >= 4 is 5.91 Å². The van der Waals surface area contributed by atoms with Gasteiger partial charge in [0.15, 0.2) is 0 Å². The summed E-state index contributed by atoms with van der Waals surface area (Å²) in [5, 5.41) is 11.5. The molecule has 1 aromatic carbocycles. The van der Waals surface area contributed by atoms with Crippen LogP contribution in [0.25, 0.3) is 0 Å². The van der Waals surface area contributed by atoms with Crippen LogP contribution in [0, 0.1) is 11.8 Å². The lowest BCUT2D eigenvalue weighted by Gasteiger charge is -2.06. The number of carbonyl (C=O) groups is 1. The highest BCUT2D eigenvalue weighted by atomic mass is 16.5. The molecule has 4 nitrogen and oxygen atoms in total. The lowest BCUT2D eigenvalue weighted by atomic mass is 10.1. The minimum Gasteiger partial charge on any atom is -0.395 e. The Morgan fingerprint density at radius 1 is 1.38 bits per heavy atom. The van der Waals surface area contributed by atoms with E-state index in [0.29, 0.717) is 25.1 Å². The molecule has 0 aliphatic carbocycles. The van der Waals surface area contributed by atoms with Gasteiger partial charge < -0.3 is 15.2 Å². The van der Waals surface area contributed by atoms with Gasteiger partial charge in [-0.15, -0.1) is 0 Å². The second kappa shape index (κ2) is 10.9.